The molecule has 12 rings (SSSR count). The molecule has 0 fully saturated rings. The molecule has 0 aliphatic heterocycles. The lowest BCUT2D eigenvalue weighted by molar-refractivity contribution is 1.07. The minimum atomic E-state index is 0.561. The van der Waals surface area contributed by atoms with Gasteiger partial charge in [0.2, 0.25) is 0 Å². The summed E-state index contributed by atoms with van der Waals surface area (Å²) < 4.78 is 4.84. The summed E-state index contributed by atoms with van der Waals surface area (Å²) in [7, 11) is 0. The molecule has 0 aliphatic carbocycles. The molecule has 0 radical (unpaired) electrons. The molecule has 9 aromatic carbocycles. The number of para-hydroxylation sites is 3. The van der Waals surface area contributed by atoms with E-state index in [0.29, 0.717) is 17.5 Å². The maximum atomic E-state index is 5.29. The zero-order chi connectivity index (χ0) is 45.6. The fraction of sp³-hybridized carbons (Fsp3) is 0. The van der Waals surface area contributed by atoms with E-state index < -0.39 is 0 Å². The van der Waals surface area contributed by atoms with Gasteiger partial charge in [0.1, 0.15) is 0 Å². The first-order valence-corrected chi connectivity index (χ1v) is 22.8. The van der Waals surface area contributed by atoms with Gasteiger partial charge in [-0.1, -0.05) is 201 Å². The summed E-state index contributed by atoms with van der Waals surface area (Å²) in [6.07, 6.45) is 5.78. The van der Waals surface area contributed by atoms with Crippen molar-refractivity contribution in [2.75, 3.05) is 0 Å². The van der Waals surface area contributed by atoms with Gasteiger partial charge in [-0.25, -0.2) is 15.0 Å². The molecule has 0 spiro atoms. The van der Waals surface area contributed by atoms with Crippen molar-refractivity contribution in [1.29, 1.82) is 0 Å². The average molecular weight is 870 g/mol. The molecule has 0 amide bonds. The molecule has 0 saturated carbocycles. The summed E-state index contributed by atoms with van der Waals surface area (Å²) in [5.74, 6) is 1.74. The number of aromatic nitrogens is 5. The highest BCUT2D eigenvalue weighted by Crippen LogP contribution is 2.45. The monoisotopic (exact) mass is 869 g/mol. The third-order valence-corrected chi connectivity index (χ3v) is 12.9. The smallest absolute Gasteiger partial charge is 0.164 e. The molecule has 0 N–H and O–H groups in total. The van der Waals surface area contributed by atoms with Crippen LogP contribution in [0.25, 0.3) is 117 Å². The summed E-state index contributed by atoms with van der Waals surface area (Å²) in [4.78, 5) is 15.7. The first-order chi connectivity index (χ1) is 33.6. The first-order valence-electron chi connectivity index (χ1n) is 22.8. The Morgan fingerprint density at radius 3 is 1.38 bits per heavy atom. The zero-order valence-electron chi connectivity index (χ0n) is 37.2. The fourth-order valence-corrected chi connectivity index (χ4v) is 9.78. The van der Waals surface area contributed by atoms with Gasteiger partial charge in [0, 0.05) is 55.0 Å². The molecular weight excluding hydrogens is 827 g/mol. The van der Waals surface area contributed by atoms with Crippen LogP contribution in [0.5, 0.6) is 0 Å². The van der Waals surface area contributed by atoms with Gasteiger partial charge in [-0.05, 0) is 70.8 Å². The van der Waals surface area contributed by atoms with E-state index in [2.05, 4.69) is 204 Å². The van der Waals surface area contributed by atoms with Crippen LogP contribution in [0.15, 0.2) is 250 Å². The van der Waals surface area contributed by atoms with Crippen LogP contribution in [0, 0.1) is 0 Å². The predicted octanol–water partition coefficient (Wildman–Crippen LogP) is 16.2. The van der Waals surface area contributed by atoms with Crippen molar-refractivity contribution in [3.05, 3.63) is 255 Å². The number of allylic oxidation sites excluding steroid dienone is 4. The summed E-state index contributed by atoms with van der Waals surface area (Å²) >= 11 is 0. The lowest BCUT2D eigenvalue weighted by Crippen LogP contribution is -2.05. The van der Waals surface area contributed by atoms with E-state index in [4.69, 9.17) is 15.0 Å². The molecule has 12 aromatic rings. The lowest BCUT2D eigenvalue weighted by atomic mass is 9.92. The highest BCUT2D eigenvalue weighted by molar-refractivity contribution is 6.19. The van der Waals surface area contributed by atoms with E-state index in [1.807, 2.05) is 54.6 Å². The van der Waals surface area contributed by atoms with Crippen LogP contribution in [0.1, 0.15) is 5.56 Å². The van der Waals surface area contributed by atoms with Gasteiger partial charge in [0.05, 0.1) is 27.8 Å². The van der Waals surface area contributed by atoms with E-state index in [1.54, 1.807) is 0 Å². The number of fused-ring (bicyclic) bond motifs is 6. The Hall–Kier alpha value is -9.19. The molecule has 0 saturated heterocycles. The molecule has 320 valence electrons. The molecule has 3 aromatic heterocycles. The Kier molecular flexibility index (Phi) is 10.1. The molecule has 68 heavy (non-hydrogen) atoms. The second-order valence-corrected chi connectivity index (χ2v) is 16.9. The largest absolute Gasteiger partial charge is 0.309 e. The second-order valence-electron chi connectivity index (χ2n) is 16.9. The Morgan fingerprint density at radius 2 is 0.809 bits per heavy atom. The maximum absolute atomic E-state index is 5.29. The molecular formula is C63H43N5. The van der Waals surface area contributed by atoms with Crippen molar-refractivity contribution in [1.82, 2.24) is 24.1 Å². The minimum absolute atomic E-state index is 0.561. The van der Waals surface area contributed by atoms with Gasteiger partial charge in [-0.2, -0.15) is 0 Å². The van der Waals surface area contributed by atoms with Crippen LogP contribution in [-0.2, 0) is 0 Å². The van der Waals surface area contributed by atoms with Crippen LogP contribution in [-0.4, -0.2) is 24.1 Å². The highest BCUT2D eigenvalue weighted by Gasteiger charge is 2.25. The molecule has 0 aliphatic rings. The number of nitrogens with zero attached hydrogens (tertiary/aromatic N) is 5. The Balaban J connectivity index is 1.16. The van der Waals surface area contributed by atoms with E-state index in [-0.39, 0.29) is 0 Å². The Morgan fingerprint density at radius 1 is 0.368 bits per heavy atom. The molecule has 0 unspecified atom stereocenters. The standard InChI is InChI=1S/C63H43N5/c1-3-21-42(4-2)52-38-48(63-65-61(46-26-13-7-14-27-46)64-62(66-63)47-36-34-44(35-37-47)43-22-9-5-10-23-43)39-53(45-24-11-6-12-25-45)60(52)68-57-33-20-18-31-51(57)55-40-58-54(41-59(55)68)50-30-17-19-32-56(50)67(58)49-28-15-8-16-29-49/h3-41H,1-2H2/b42-21+. The van der Waals surface area contributed by atoms with Gasteiger partial charge < -0.3 is 9.13 Å². The molecule has 0 bridgehead atoms. The number of hydrogen-bond acceptors (Lipinski definition) is 3. The number of benzene rings is 9. The van der Waals surface area contributed by atoms with Gasteiger partial charge in [-0.3, -0.25) is 0 Å². The van der Waals surface area contributed by atoms with E-state index in [0.717, 1.165) is 94.3 Å². The molecule has 5 nitrogen and oxygen atoms in total. The van der Waals surface area contributed by atoms with Gasteiger partial charge in [0.25, 0.3) is 0 Å². The number of hydrogen-bond donors (Lipinski definition) is 0. The molecule has 5 heteroatoms. The van der Waals surface area contributed by atoms with E-state index >= 15 is 0 Å². The Bertz CT molecular complexity index is 3900. The zero-order valence-corrected chi connectivity index (χ0v) is 37.2. The van der Waals surface area contributed by atoms with Crippen LogP contribution in [0.2, 0.25) is 0 Å². The summed E-state index contributed by atoms with van der Waals surface area (Å²) in [6.45, 7) is 8.55. The van der Waals surface area contributed by atoms with Crippen molar-refractivity contribution in [2.24, 2.45) is 0 Å². The predicted molar refractivity (Wildman–Crippen MR) is 284 cm³/mol. The van der Waals surface area contributed by atoms with Crippen LogP contribution < -0.4 is 0 Å². The quantitative estimate of drug-likeness (QED) is 0.129. The van der Waals surface area contributed by atoms with Gasteiger partial charge in [-0.15, -0.1) is 0 Å². The van der Waals surface area contributed by atoms with E-state index in [9.17, 15) is 0 Å². The third kappa shape index (κ3) is 6.93. The fourth-order valence-electron chi connectivity index (χ4n) is 9.78. The van der Waals surface area contributed by atoms with Crippen molar-refractivity contribution < 1.29 is 0 Å². The Labute approximate surface area is 394 Å². The van der Waals surface area contributed by atoms with Crippen molar-refractivity contribution in [2.45, 2.75) is 0 Å². The van der Waals surface area contributed by atoms with Crippen molar-refractivity contribution in [3.63, 3.8) is 0 Å². The SMILES string of the molecule is C=C/C=C(\C=C)c1cc(-c2nc(-c3ccccc3)nc(-c3ccc(-c4ccccc4)cc3)n2)cc(-c2ccccc2)c1-n1c2ccccc2c2cc3c(cc21)c1ccccc1n3-c1ccccc1. The summed E-state index contributed by atoms with van der Waals surface area (Å²) in [6, 6.07) is 76.9. The highest BCUT2D eigenvalue weighted by atomic mass is 15.0. The molecule has 3 heterocycles. The molecule has 0 atom stereocenters. The average Bonchev–Trinajstić information content (AvgIpc) is 3.91. The lowest BCUT2D eigenvalue weighted by Gasteiger charge is -2.21. The van der Waals surface area contributed by atoms with Crippen molar-refractivity contribution in [3.8, 4) is 67.8 Å². The van der Waals surface area contributed by atoms with Crippen LogP contribution in [0.4, 0.5) is 0 Å². The van der Waals surface area contributed by atoms with Crippen LogP contribution >= 0.6 is 0 Å². The first kappa shape index (κ1) is 40.3. The summed E-state index contributed by atoms with van der Waals surface area (Å²) in [5.41, 5.74) is 15.5. The normalized spacial score (nSPS) is 11.7. The number of rotatable bonds is 10. The maximum Gasteiger partial charge on any atom is 0.164 e. The topological polar surface area (TPSA) is 48.5 Å². The van der Waals surface area contributed by atoms with Crippen molar-refractivity contribution >= 4 is 49.2 Å². The van der Waals surface area contributed by atoms with E-state index in [1.165, 1.54) is 10.8 Å². The van der Waals surface area contributed by atoms with Gasteiger partial charge in [0.15, 0.2) is 17.5 Å². The summed E-state index contributed by atoms with van der Waals surface area (Å²) in [5, 5.41) is 4.68. The van der Waals surface area contributed by atoms with Crippen LogP contribution in [0.3, 0.4) is 0 Å². The third-order valence-electron chi connectivity index (χ3n) is 12.9. The van der Waals surface area contributed by atoms with Gasteiger partial charge >= 0.3 is 0 Å². The minimum Gasteiger partial charge on any atom is -0.309 e. The second kappa shape index (κ2) is 17.0.